The number of nitro groups is 1. The predicted octanol–water partition coefficient (Wildman–Crippen LogP) is 2.11. The molecular weight excluding hydrogens is 270 g/mol. The standard InChI is InChI=1S/C12H16ClN3O3/c13-11-5-4-9(16(18)19)8-10(11)12(17)15-7-3-1-2-6-14/h4-5,8H,1-3,6-7,14H2,(H,15,17). The highest BCUT2D eigenvalue weighted by Crippen LogP contribution is 2.21. The molecule has 0 aliphatic rings. The first-order chi connectivity index (χ1) is 9.06. The minimum atomic E-state index is -0.561. The molecule has 0 saturated heterocycles. The van der Waals surface area contributed by atoms with Gasteiger partial charge >= 0.3 is 0 Å². The van der Waals surface area contributed by atoms with Crippen LogP contribution in [0, 0.1) is 10.1 Å². The molecule has 0 aliphatic carbocycles. The quantitative estimate of drug-likeness (QED) is 0.455. The SMILES string of the molecule is NCCCCCNC(=O)c1cc([N+](=O)[O-])ccc1Cl. The molecule has 3 N–H and O–H groups in total. The maximum absolute atomic E-state index is 11.8. The van der Waals surface area contributed by atoms with Crippen LogP contribution in [0.25, 0.3) is 0 Å². The van der Waals surface area contributed by atoms with Gasteiger partial charge in [0.25, 0.3) is 11.6 Å². The molecule has 0 fully saturated rings. The van der Waals surface area contributed by atoms with Crippen molar-refractivity contribution in [1.82, 2.24) is 5.32 Å². The lowest BCUT2D eigenvalue weighted by atomic mass is 10.2. The molecule has 0 heterocycles. The van der Waals surface area contributed by atoms with Crippen molar-refractivity contribution in [2.75, 3.05) is 13.1 Å². The second-order valence-electron chi connectivity index (χ2n) is 4.03. The van der Waals surface area contributed by atoms with Gasteiger partial charge in [0.05, 0.1) is 15.5 Å². The van der Waals surface area contributed by atoms with E-state index >= 15 is 0 Å². The summed E-state index contributed by atoms with van der Waals surface area (Å²) in [7, 11) is 0. The number of unbranched alkanes of at least 4 members (excludes halogenated alkanes) is 2. The highest BCUT2D eigenvalue weighted by atomic mass is 35.5. The zero-order chi connectivity index (χ0) is 14.3. The Hall–Kier alpha value is -1.66. The minimum Gasteiger partial charge on any atom is -0.352 e. The summed E-state index contributed by atoms with van der Waals surface area (Å²) in [5.74, 6) is -0.401. The highest BCUT2D eigenvalue weighted by Gasteiger charge is 2.15. The van der Waals surface area contributed by atoms with Gasteiger partial charge < -0.3 is 11.1 Å². The zero-order valence-corrected chi connectivity index (χ0v) is 11.2. The summed E-state index contributed by atoms with van der Waals surface area (Å²) in [5, 5.41) is 13.5. The van der Waals surface area contributed by atoms with E-state index < -0.39 is 10.8 Å². The molecule has 0 spiro atoms. The lowest BCUT2D eigenvalue weighted by Gasteiger charge is -2.06. The fourth-order valence-electron chi connectivity index (χ4n) is 1.54. The van der Waals surface area contributed by atoms with Crippen LogP contribution in [-0.2, 0) is 0 Å². The Bertz CT molecular complexity index is 466. The molecule has 0 aromatic heterocycles. The number of hydrogen-bond donors (Lipinski definition) is 2. The maximum Gasteiger partial charge on any atom is 0.270 e. The van der Waals surface area contributed by atoms with Crippen molar-refractivity contribution in [3.05, 3.63) is 38.9 Å². The van der Waals surface area contributed by atoms with Gasteiger partial charge in [-0.2, -0.15) is 0 Å². The fourth-order valence-corrected chi connectivity index (χ4v) is 1.75. The number of rotatable bonds is 7. The number of nitro benzene ring substituents is 1. The monoisotopic (exact) mass is 285 g/mol. The molecule has 0 aliphatic heterocycles. The molecule has 0 atom stereocenters. The second kappa shape index (κ2) is 7.70. The van der Waals surface area contributed by atoms with Gasteiger partial charge in [-0.15, -0.1) is 0 Å². The predicted molar refractivity (Wildman–Crippen MR) is 73.3 cm³/mol. The molecule has 7 heteroatoms. The van der Waals surface area contributed by atoms with E-state index in [-0.39, 0.29) is 16.3 Å². The van der Waals surface area contributed by atoms with Crippen LogP contribution in [0.2, 0.25) is 5.02 Å². The molecule has 19 heavy (non-hydrogen) atoms. The molecule has 1 aromatic rings. The Balaban J connectivity index is 2.61. The minimum absolute atomic E-state index is 0.120. The van der Waals surface area contributed by atoms with Gasteiger partial charge in [0.15, 0.2) is 0 Å². The third kappa shape index (κ3) is 4.84. The van der Waals surface area contributed by atoms with Crippen molar-refractivity contribution in [2.24, 2.45) is 5.73 Å². The van der Waals surface area contributed by atoms with Gasteiger partial charge in [0.1, 0.15) is 0 Å². The van der Waals surface area contributed by atoms with Crippen LogP contribution in [0.5, 0.6) is 0 Å². The smallest absolute Gasteiger partial charge is 0.270 e. The number of nitrogens with two attached hydrogens (primary N) is 1. The van der Waals surface area contributed by atoms with Gasteiger partial charge in [-0.25, -0.2) is 0 Å². The number of benzene rings is 1. The molecule has 0 saturated carbocycles. The molecule has 1 aromatic carbocycles. The average Bonchev–Trinajstić information content (AvgIpc) is 2.38. The first-order valence-corrected chi connectivity index (χ1v) is 6.36. The Morgan fingerprint density at radius 1 is 1.37 bits per heavy atom. The van der Waals surface area contributed by atoms with E-state index in [0.717, 1.165) is 19.3 Å². The van der Waals surface area contributed by atoms with E-state index in [1.807, 2.05) is 0 Å². The lowest BCUT2D eigenvalue weighted by Crippen LogP contribution is -2.24. The van der Waals surface area contributed by atoms with Crippen molar-refractivity contribution < 1.29 is 9.72 Å². The lowest BCUT2D eigenvalue weighted by molar-refractivity contribution is -0.384. The Morgan fingerprint density at radius 3 is 2.74 bits per heavy atom. The molecule has 0 bridgehead atoms. The van der Waals surface area contributed by atoms with Gasteiger partial charge in [-0.3, -0.25) is 14.9 Å². The van der Waals surface area contributed by atoms with Crippen molar-refractivity contribution in [3.8, 4) is 0 Å². The summed E-state index contributed by atoms with van der Waals surface area (Å²) in [5.41, 5.74) is 5.32. The Labute approximate surface area is 116 Å². The third-order valence-electron chi connectivity index (χ3n) is 2.57. The van der Waals surface area contributed by atoms with Gasteiger partial charge in [0.2, 0.25) is 0 Å². The van der Waals surface area contributed by atoms with Crippen LogP contribution in [0.1, 0.15) is 29.6 Å². The van der Waals surface area contributed by atoms with E-state index in [1.165, 1.54) is 18.2 Å². The second-order valence-corrected chi connectivity index (χ2v) is 4.43. The summed E-state index contributed by atoms with van der Waals surface area (Å²) in [4.78, 5) is 21.9. The number of amides is 1. The number of nitrogens with one attached hydrogen (secondary N) is 1. The number of nitrogens with zero attached hydrogens (tertiary/aromatic N) is 1. The number of hydrogen-bond acceptors (Lipinski definition) is 4. The van der Waals surface area contributed by atoms with Gasteiger partial charge in [-0.05, 0) is 25.5 Å². The number of carbonyl (C=O) groups is 1. The summed E-state index contributed by atoms with van der Waals surface area (Å²) >= 11 is 5.86. The number of halogens is 1. The topological polar surface area (TPSA) is 98.3 Å². The van der Waals surface area contributed by atoms with Crippen LogP contribution < -0.4 is 11.1 Å². The summed E-state index contributed by atoms with van der Waals surface area (Å²) in [6.45, 7) is 1.13. The third-order valence-corrected chi connectivity index (χ3v) is 2.90. The normalized spacial score (nSPS) is 10.2. The first kappa shape index (κ1) is 15.4. The van der Waals surface area contributed by atoms with E-state index in [0.29, 0.717) is 13.1 Å². The molecule has 1 rings (SSSR count). The highest BCUT2D eigenvalue weighted by molar-refractivity contribution is 6.33. The van der Waals surface area contributed by atoms with E-state index in [9.17, 15) is 14.9 Å². The maximum atomic E-state index is 11.8. The van der Waals surface area contributed by atoms with Crippen LogP contribution in [0.15, 0.2) is 18.2 Å². The summed E-state index contributed by atoms with van der Waals surface area (Å²) < 4.78 is 0. The number of non-ortho nitro benzene ring substituents is 1. The van der Waals surface area contributed by atoms with Crippen LogP contribution in [-0.4, -0.2) is 23.9 Å². The van der Waals surface area contributed by atoms with Gasteiger partial charge in [-0.1, -0.05) is 18.0 Å². The average molecular weight is 286 g/mol. The van der Waals surface area contributed by atoms with Crippen LogP contribution >= 0.6 is 11.6 Å². The Morgan fingerprint density at radius 2 is 2.11 bits per heavy atom. The molecular formula is C12H16ClN3O3. The van der Waals surface area contributed by atoms with E-state index in [2.05, 4.69) is 5.32 Å². The molecule has 0 radical (unpaired) electrons. The van der Waals surface area contributed by atoms with Crippen molar-refractivity contribution in [2.45, 2.75) is 19.3 Å². The van der Waals surface area contributed by atoms with E-state index in [1.54, 1.807) is 0 Å². The van der Waals surface area contributed by atoms with Crippen LogP contribution in [0.3, 0.4) is 0 Å². The van der Waals surface area contributed by atoms with Crippen molar-refractivity contribution >= 4 is 23.2 Å². The fraction of sp³-hybridized carbons (Fsp3) is 0.417. The van der Waals surface area contributed by atoms with Crippen molar-refractivity contribution in [3.63, 3.8) is 0 Å². The molecule has 104 valence electrons. The van der Waals surface area contributed by atoms with E-state index in [4.69, 9.17) is 17.3 Å². The molecule has 6 nitrogen and oxygen atoms in total. The Kier molecular flexibility index (Phi) is 6.24. The first-order valence-electron chi connectivity index (χ1n) is 5.98. The molecule has 1 amide bonds. The number of carbonyl (C=O) groups excluding carboxylic acids is 1. The van der Waals surface area contributed by atoms with Gasteiger partial charge in [0, 0.05) is 18.7 Å². The van der Waals surface area contributed by atoms with Crippen molar-refractivity contribution in [1.29, 1.82) is 0 Å². The summed E-state index contributed by atoms with van der Waals surface area (Å²) in [6, 6.07) is 3.79. The van der Waals surface area contributed by atoms with Crippen LogP contribution in [0.4, 0.5) is 5.69 Å². The largest absolute Gasteiger partial charge is 0.352 e. The zero-order valence-electron chi connectivity index (χ0n) is 10.4. The summed E-state index contributed by atoms with van der Waals surface area (Å²) in [6.07, 6.45) is 2.66. The molecule has 0 unspecified atom stereocenters.